The van der Waals surface area contributed by atoms with Crippen molar-refractivity contribution in [2.75, 3.05) is 4.72 Å². The summed E-state index contributed by atoms with van der Waals surface area (Å²) in [6.45, 7) is 0. The van der Waals surface area contributed by atoms with Crippen molar-refractivity contribution in [2.24, 2.45) is 7.05 Å². The van der Waals surface area contributed by atoms with Crippen LogP contribution >= 0.6 is 31.9 Å². The lowest BCUT2D eigenvalue weighted by atomic mass is 10.4. The standard InChI is InChI=1S/C10H9Br2N3O2S/c1-15-10(4-5-13-15)14-18(16,17)9-3-2-7(11)6-8(9)12/h2-6,14H,1H3. The Kier molecular flexibility index (Phi) is 3.79. The first-order chi connectivity index (χ1) is 8.40. The minimum absolute atomic E-state index is 0.173. The zero-order valence-electron chi connectivity index (χ0n) is 9.26. The van der Waals surface area contributed by atoms with E-state index in [2.05, 4.69) is 41.7 Å². The molecule has 1 aromatic heterocycles. The number of benzene rings is 1. The molecule has 0 atom stereocenters. The highest BCUT2D eigenvalue weighted by atomic mass is 79.9. The van der Waals surface area contributed by atoms with Crippen LogP contribution in [0.25, 0.3) is 0 Å². The third kappa shape index (κ3) is 2.76. The Balaban J connectivity index is 2.40. The van der Waals surface area contributed by atoms with Crippen molar-refractivity contribution in [2.45, 2.75) is 4.90 Å². The first-order valence-electron chi connectivity index (χ1n) is 4.86. The fourth-order valence-electron chi connectivity index (χ4n) is 1.36. The van der Waals surface area contributed by atoms with Crippen molar-refractivity contribution < 1.29 is 8.42 Å². The van der Waals surface area contributed by atoms with E-state index >= 15 is 0 Å². The van der Waals surface area contributed by atoms with Crippen LogP contribution < -0.4 is 4.72 Å². The zero-order chi connectivity index (χ0) is 13.3. The minimum Gasteiger partial charge on any atom is -0.264 e. The number of hydrogen-bond acceptors (Lipinski definition) is 3. The molecular formula is C10H9Br2N3O2S. The molecule has 2 aromatic rings. The maximum Gasteiger partial charge on any atom is 0.264 e. The summed E-state index contributed by atoms with van der Waals surface area (Å²) < 4.78 is 29.6. The van der Waals surface area contributed by atoms with Crippen LogP contribution in [0.15, 0.2) is 44.3 Å². The number of anilines is 1. The van der Waals surface area contributed by atoms with Gasteiger partial charge in [-0.2, -0.15) is 5.10 Å². The number of aromatic nitrogens is 2. The van der Waals surface area contributed by atoms with E-state index in [1.165, 1.54) is 16.9 Å². The van der Waals surface area contributed by atoms with Crippen LogP contribution in [0.3, 0.4) is 0 Å². The summed E-state index contributed by atoms with van der Waals surface area (Å²) >= 11 is 6.51. The van der Waals surface area contributed by atoms with Crippen LogP contribution in [-0.4, -0.2) is 18.2 Å². The maximum absolute atomic E-state index is 12.2. The van der Waals surface area contributed by atoms with E-state index in [1.807, 2.05) is 0 Å². The van der Waals surface area contributed by atoms with Crippen molar-refractivity contribution in [3.8, 4) is 0 Å². The summed E-state index contributed by atoms with van der Waals surface area (Å²) in [6.07, 6.45) is 1.52. The van der Waals surface area contributed by atoms with Crippen LogP contribution in [0.2, 0.25) is 0 Å². The Morgan fingerprint density at radius 1 is 1.28 bits per heavy atom. The molecule has 0 amide bonds. The molecule has 1 aromatic carbocycles. The van der Waals surface area contributed by atoms with Gasteiger partial charge in [-0.3, -0.25) is 9.40 Å². The summed E-state index contributed by atoms with van der Waals surface area (Å²) in [7, 11) is -1.97. The van der Waals surface area contributed by atoms with Crippen LogP contribution in [0.4, 0.5) is 5.82 Å². The van der Waals surface area contributed by atoms with E-state index < -0.39 is 10.0 Å². The smallest absolute Gasteiger partial charge is 0.264 e. The zero-order valence-corrected chi connectivity index (χ0v) is 13.3. The average Bonchev–Trinajstić information content (AvgIpc) is 2.63. The molecule has 0 aliphatic heterocycles. The van der Waals surface area contributed by atoms with Gasteiger partial charge in [0.25, 0.3) is 10.0 Å². The van der Waals surface area contributed by atoms with E-state index in [0.29, 0.717) is 10.3 Å². The summed E-state index contributed by atoms with van der Waals surface area (Å²) in [5, 5.41) is 3.90. The SMILES string of the molecule is Cn1nccc1NS(=O)(=O)c1ccc(Br)cc1Br. The second-order valence-electron chi connectivity index (χ2n) is 3.52. The van der Waals surface area contributed by atoms with Crippen molar-refractivity contribution in [3.05, 3.63) is 39.4 Å². The van der Waals surface area contributed by atoms with Crippen LogP contribution in [0, 0.1) is 0 Å². The highest BCUT2D eigenvalue weighted by Gasteiger charge is 2.19. The Morgan fingerprint density at radius 2 is 2.00 bits per heavy atom. The van der Waals surface area contributed by atoms with E-state index in [9.17, 15) is 8.42 Å². The molecule has 8 heteroatoms. The van der Waals surface area contributed by atoms with E-state index in [-0.39, 0.29) is 4.90 Å². The summed E-state index contributed by atoms with van der Waals surface area (Å²) in [5.74, 6) is 0.407. The molecule has 0 radical (unpaired) electrons. The molecule has 0 aliphatic rings. The van der Waals surface area contributed by atoms with Crippen molar-refractivity contribution in [3.63, 3.8) is 0 Å². The Bertz CT molecular complexity index is 682. The monoisotopic (exact) mass is 393 g/mol. The van der Waals surface area contributed by atoms with Gasteiger partial charge >= 0.3 is 0 Å². The molecule has 2 rings (SSSR count). The van der Waals surface area contributed by atoms with Gasteiger partial charge in [0.2, 0.25) is 0 Å². The second-order valence-corrected chi connectivity index (χ2v) is 6.94. The highest BCUT2D eigenvalue weighted by Crippen LogP contribution is 2.27. The lowest BCUT2D eigenvalue weighted by molar-refractivity contribution is 0.600. The Hall–Kier alpha value is -0.860. The molecule has 1 heterocycles. The van der Waals surface area contributed by atoms with Gasteiger partial charge in [-0.15, -0.1) is 0 Å². The Labute approximate surface area is 122 Å². The Morgan fingerprint density at radius 3 is 2.56 bits per heavy atom. The van der Waals surface area contributed by atoms with E-state index in [4.69, 9.17) is 0 Å². The molecule has 0 bridgehead atoms. The average molecular weight is 395 g/mol. The van der Waals surface area contributed by atoms with Gasteiger partial charge in [-0.05, 0) is 34.1 Å². The molecule has 0 aliphatic carbocycles. The molecule has 0 fully saturated rings. The number of hydrogen-bond donors (Lipinski definition) is 1. The lowest BCUT2D eigenvalue weighted by Gasteiger charge is -2.09. The topological polar surface area (TPSA) is 64.0 Å². The van der Waals surface area contributed by atoms with Crippen molar-refractivity contribution in [1.82, 2.24) is 9.78 Å². The quantitative estimate of drug-likeness (QED) is 0.870. The van der Waals surface area contributed by atoms with E-state index in [0.717, 1.165) is 4.47 Å². The van der Waals surface area contributed by atoms with Gasteiger partial charge in [0.1, 0.15) is 10.7 Å². The number of nitrogens with one attached hydrogen (secondary N) is 1. The highest BCUT2D eigenvalue weighted by molar-refractivity contribution is 9.11. The summed E-state index contributed by atoms with van der Waals surface area (Å²) in [5.41, 5.74) is 0. The molecule has 1 N–H and O–H groups in total. The third-order valence-electron chi connectivity index (χ3n) is 2.24. The molecule has 18 heavy (non-hydrogen) atoms. The van der Waals surface area contributed by atoms with Gasteiger partial charge in [0.05, 0.1) is 6.20 Å². The second kappa shape index (κ2) is 5.02. The minimum atomic E-state index is -3.63. The maximum atomic E-state index is 12.2. The fourth-order valence-corrected chi connectivity index (χ4v) is 4.19. The first-order valence-corrected chi connectivity index (χ1v) is 7.93. The number of halogens is 2. The number of rotatable bonds is 3. The van der Waals surface area contributed by atoms with Gasteiger partial charge in [-0.1, -0.05) is 15.9 Å². The normalized spacial score (nSPS) is 11.5. The molecule has 5 nitrogen and oxygen atoms in total. The molecule has 0 spiro atoms. The van der Waals surface area contributed by atoms with Crippen LogP contribution in [-0.2, 0) is 17.1 Å². The predicted octanol–water partition coefficient (Wildman–Crippen LogP) is 2.75. The van der Waals surface area contributed by atoms with Gasteiger partial charge in [0.15, 0.2) is 0 Å². The lowest BCUT2D eigenvalue weighted by Crippen LogP contribution is -2.15. The van der Waals surface area contributed by atoms with Crippen molar-refractivity contribution in [1.29, 1.82) is 0 Å². The molecule has 0 unspecified atom stereocenters. The summed E-state index contributed by atoms with van der Waals surface area (Å²) in [6, 6.07) is 6.46. The molecular weight excluding hydrogens is 386 g/mol. The largest absolute Gasteiger partial charge is 0.264 e. The van der Waals surface area contributed by atoms with Gasteiger partial charge in [0, 0.05) is 22.1 Å². The fraction of sp³-hybridized carbons (Fsp3) is 0.100. The van der Waals surface area contributed by atoms with Gasteiger partial charge in [-0.25, -0.2) is 8.42 Å². The number of nitrogens with zero attached hydrogens (tertiary/aromatic N) is 2. The molecule has 0 saturated heterocycles. The van der Waals surface area contributed by atoms with Gasteiger partial charge < -0.3 is 0 Å². The number of sulfonamides is 1. The first kappa shape index (κ1) is 13.6. The molecule has 96 valence electrons. The van der Waals surface area contributed by atoms with Crippen LogP contribution in [0.1, 0.15) is 0 Å². The molecule has 0 saturated carbocycles. The van der Waals surface area contributed by atoms with E-state index in [1.54, 1.807) is 25.2 Å². The predicted molar refractivity (Wildman–Crippen MR) is 75.9 cm³/mol. The third-order valence-corrected chi connectivity index (χ3v) is 5.07. The van der Waals surface area contributed by atoms with Crippen molar-refractivity contribution >= 4 is 47.7 Å². The van der Waals surface area contributed by atoms with Crippen LogP contribution in [0.5, 0.6) is 0 Å². The number of aryl methyl sites for hydroxylation is 1. The summed E-state index contributed by atoms with van der Waals surface area (Å²) in [4.78, 5) is 0.173.